The van der Waals surface area contributed by atoms with Gasteiger partial charge in [0.15, 0.2) is 0 Å². The molecule has 1 atom stereocenters. The first-order valence-corrected chi connectivity index (χ1v) is 5.43. The molecule has 0 saturated carbocycles. The maximum absolute atomic E-state index is 12.7. The normalized spacial score (nSPS) is 15.1. The molecule has 0 aliphatic rings. The van der Waals surface area contributed by atoms with Crippen molar-refractivity contribution in [3.05, 3.63) is 35.6 Å². The van der Waals surface area contributed by atoms with Crippen molar-refractivity contribution in [3.8, 4) is 0 Å². The van der Waals surface area contributed by atoms with Crippen LogP contribution in [0.5, 0.6) is 0 Å². The van der Waals surface area contributed by atoms with Gasteiger partial charge in [0, 0.05) is 13.5 Å². The van der Waals surface area contributed by atoms with Crippen LogP contribution in [0.3, 0.4) is 0 Å². The highest BCUT2D eigenvalue weighted by atomic mass is 19.1. The van der Waals surface area contributed by atoms with E-state index in [4.69, 9.17) is 4.74 Å². The summed E-state index contributed by atoms with van der Waals surface area (Å²) in [7, 11) is 1.57. The summed E-state index contributed by atoms with van der Waals surface area (Å²) in [6, 6.07) is 6.20. The molecule has 1 rings (SSSR count). The molecule has 1 aromatic carbocycles. The Morgan fingerprint density at radius 2 is 1.88 bits per heavy atom. The molecule has 2 nitrogen and oxygen atoms in total. The Balaban J connectivity index is 2.79. The molecular weight excluding hydrogens is 207 g/mol. The molecule has 0 heterocycles. The van der Waals surface area contributed by atoms with Gasteiger partial charge in [-0.05, 0) is 23.6 Å². The fourth-order valence-corrected chi connectivity index (χ4v) is 1.63. The van der Waals surface area contributed by atoms with E-state index >= 15 is 0 Å². The summed E-state index contributed by atoms with van der Waals surface area (Å²) in [5.74, 6) is -0.180. The Labute approximate surface area is 96.1 Å². The van der Waals surface area contributed by atoms with Gasteiger partial charge in [-0.1, -0.05) is 26.0 Å². The molecule has 0 aromatic heterocycles. The van der Waals surface area contributed by atoms with Crippen LogP contribution in [0.25, 0.3) is 0 Å². The smallest absolute Gasteiger partial charge is 0.123 e. The van der Waals surface area contributed by atoms with Gasteiger partial charge < -0.3 is 9.84 Å². The lowest BCUT2D eigenvalue weighted by molar-refractivity contribution is -0.0637. The van der Waals surface area contributed by atoms with Crippen molar-refractivity contribution in [2.24, 2.45) is 5.92 Å². The van der Waals surface area contributed by atoms with E-state index in [1.165, 1.54) is 12.1 Å². The molecular formula is C13H19FO2. The zero-order valence-electron chi connectivity index (χ0n) is 10.0. The second-order valence-corrected chi connectivity index (χ2v) is 4.49. The molecule has 0 bridgehead atoms. The van der Waals surface area contributed by atoms with Gasteiger partial charge in [-0.3, -0.25) is 0 Å². The molecule has 1 N–H and O–H groups in total. The quantitative estimate of drug-likeness (QED) is 0.835. The van der Waals surface area contributed by atoms with Crippen molar-refractivity contribution < 1.29 is 14.2 Å². The van der Waals surface area contributed by atoms with Gasteiger partial charge in [0.25, 0.3) is 0 Å². The summed E-state index contributed by atoms with van der Waals surface area (Å²) in [5.41, 5.74) is 0.0155. The molecule has 0 aliphatic heterocycles. The van der Waals surface area contributed by atoms with E-state index in [1.54, 1.807) is 19.2 Å². The molecule has 90 valence electrons. The summed E-state index contributed by atoms with van der Waals surface area (Å²) in [4.78, 5) is 0. The number of methoxy groups -OCH3 is 1. The highest BCUT2D eigenvalue weighted by molar-refractivity contribution is 5.18. The molecule has 16 heavy (non-hydrogen) atoms. The van der Waals surface area contributed by atoms with Crippen LogP contribution in [-0.2, 0) is 11.2 Å². The number of ether oxygens (including phenoxy) is 1. The lowest BCUT2D eigenvalue weighted by atomic mass is 9.85. The third-order valence-electron chi connectivity index (χ3n) is 2.89. The number of benzene rings is 1. The van der Waals surface area contributed by atoms with E-state index in [1.807, 2.05) is 13.8 Å². The van der Waals surface area contributed by atoms with E-state index in [-0.39, 0.29) is 18.3 Å². The van der Waals surface area contributed by atoms with E-state index in [2.05, 4.69) is 0 Å². The number of halogens is 1. The Morgan fingerprint density at radius 3 is 2.31 bits per heavy atom. The lowest BCUT2D eigenvalue weighted by Crippen LogP contribution is -2.42. The second kappa shape index (κ2) is 5.41. The topological polar surface area (TPSA) is 29.5 Å². The fraction of sp³-hybridized carbons (Fsp3) is 0.538. The standard InChI is InChI=1S/C13H19FO2/c1-10(2)13(15,9-16-3)8-11-4-6-12(14)7-5-11/h4-7,10,15H,8-9H2,1-3H3. The Hall–Kier alpha value is -0.930. The van der Waals surface area contributed by atoms with E-state index in [0.29, 0.717) is 6.42 Å². The molecule has 0 radical (unpaired) electrons. The van der Waals surface area contributed by atoms with Gasteiger partial charge in [-0.15, -0.1) is 0 Å². The van der Waals surface area contributed by atoms with Crippen molar-refractivity contribution >= 4 is 0 Å². The van der Waals surface area contributed by atoms with Crippen LogP contribution in [0.15, 0.2) is 24.3 Å². The summed E-state index contributed by atoms with van der Waals surface area (Å²) in [6.07, 6.45) is 0.471. The zero-order chi connectivity index (χ0) is 12.2. The van der Waals surface area contributed by atoms with Crippen LogP contribution in [-0.4, -0.2) is 24.4 Å². The predicted molar refractivity (Wildman–Crippen MR) is 61.8 cm³/mol. The Morgan fingerprint density at radius 1 is 1.31 bits per heavy atom. The molecule has 0 saturated heterocycles. The minimum atomic E-state index is -0.896. The first-order valence-electron chi connectivity index (χ1n) is 5.43. The number of hydrogen-bond acceptors (Lipinski definition) is 2. The van der Waals surface area contributed by atoms with E-state index in [0.717, 1.165) is 5.56 Å². The van der Waals surface area contributed by atoms with Crippen LogP contribution in [0.2, 0.25) is 0 Å². The van der Waals surface area contributed by atoms with Crippen LogP contribution in [0.4, 0.5) is 4.39 Å². The van der Waals surface area contributed by atoms with E-state index < -0.39 is 5.60 Å². The van der Waals surface area contributed by atoms with Crippen molar-refractivity contribution in [1.82, 2.24) is 0 Å². The summed E-state index contributed by atoms with van der Waals surface area (Å²) in [6.45, 7) is 4.17. The maximum Gasteiger partial charge on any atom is 0.123 e. The molecule has 1 aromatic rings. The average Bonchev–Trinajstić information content (AvgIpc) is 2.22. The van der Waals surface area contributed by atoms with Gasteiger partial charge >= 0.3 is 0 Å². The first kappa shape index (κ1) is 13.1. The predicted octanol–water partition coefficient (Wildman–Crippen LogP) is 2.40. The average molecular weight is 226 g/mol. The molecule has 0 amide bonds. The number of aliphatic hydroxyl groups is 1. The van der Waals surface area contributed by atoms with Gasteiger partial charge in [-0.25, -0.2) is 4.39 Å². The van der Waals surface area contributed by atoms with Crippen LogP contribution >= 0.6 is 0 Å². The third kappa shape index (κ3) is 3.29. The van der Waals surface area contributed by atoms with Gasteiger partial charge in [0.1, 0.15) is 5.82 Å². The van der Waals surface area contributed by atoms with Crippen molar-refractivity contribution in [1.29, 1.82) is 0 Å². The van der Waals surface area contributed by atoms with Gasteiger partial charge in [0.05, 0.1) is 12.2 Å². The first-order chi connectivity index (χ1) is 7.48. The van der Waals surface area contributed by atoms with Gasteiger partial charge in [0.2, 0.25) is 0 Å². The number of rotatable bonds is 5. The van der Waals surface area contributed by atoms with Crippen LogP contribution in [0.1, 0.15) is 19.4 Å². The minimum Gasteiger partial charge on any atom is -0.387 e. The largest absolute Gasteiger partial charge is 0.387 e. The Bertz CT molecular complexity index is 321. The lowest BCUT2D eigenvalue weighted by Gasteiger charge is -2.31. The van der Waals surface area contributed by atoms with Crippen molar-refractivity contribution in [2.45, 2.75) is 25.9 Å². The summed E-state index contributed by atoms with van der Waals surface area (Å²) < 4.78 is 17.8. The van der Waals surface area contributed by atoms with Gasteiger partial charge in [-0.2, -0.15) is 0 Å². The highest BCUT2D eigenvalue weighted by Gasteiger charge is 2.31. The number of hydrogen-bond donors (Lipinski definition) is 1. The monoisotopic (exact) mass is 226 g/mol. The maximum atomic E-state index is 12.7. The van der Waals surface area contributed by atoms with Crippen LogP contribution < -0.4 is 0 Å². The second-order valence-electron chi connectivity index (χ2n) is 4.49. The molecule has 0 spiro atoms. The fourth-order valence-electron chi connectivity index (χ4n) is 1.63. The van der Waals surface area contributed by atoms with Crippen LogP contribution in [0, 0.1) is 11.7 Å². The third-order valence-corrected chi connectivity index (χ3v) is 2.89. The summed E-state index contributed by atoms with van der Waals surface area (Å²) >= 11 is 0. The van der Waals surface area contributed by atoms with Crippen molar-refractivity contribution in [2.75, 3.05) is 13.7 Å². The molecule has 0 fully saturated rings. The summed E-state index contributed by atoms with van der Waals surface area (Å²) in [5, 5.41) is 10.4. The highest BCUT2D eigenvalue weighted by Crippen LogP contribution is 2.23. The minimum absolute atomic E-state index is 0.0810. The van der Waals surface area contributed by atoms with E-state index in [9.17, 15) is 9.50 Å². The molecule has 3 heteroatoms. The molecule has 0 aliphatic carbocycles. The molecule has 1 unspecified atom stereocenters. The van der Waals surface area contributed by atoms with Crippen molar-refractivity contribution in [3.63, 3.8) is 0 Å². The zero-order valence-corrected chi connectivity index (χ0v) is 10.0. The Kier molecular flexibility index (Phi) is 4.44. The SMILES string of the molecule is COCC(O)(Cc1ccc(F)cc1)C(C)C.